The van der Waals surface area contributed by atoms with E-state index in [1.54, 1.807) is 0 Å². The third-order valence-electron chi connectivity index (χ3n) is 1.46. The first-order valence-electron chi connectivity index (χ1n) is 4.92. The first kappa shape index (κ1) is 13.0. The van der Waals surface area contributed by atoms with E-state index >= 15 is 0 Å². The molecule has 1 aliphatic heterocycles. The first-order chi connectivity index (χ1) is 6.31. The van der Waals surface area contributed by atoms with E-state index in [4.69, 9.17) is 0 Å². The minimum absolute atomic E-state index is 0.269. The molecule has 1 rings (SSSR count). The zero-order valence-corrected chi connectivity index (χ0v) is 9.74. The van der Waals surface area contributed by atoms with Gasteiger partial charge < -0.3 is 0 Å². The summed E-state index contributed by atoms with van der Waals surface area (Å²) in [4.78, 5) is 9.90. The summed E-state index contributed by atoms with van der Waals surface area (Å²) in [7, 11) is 0. The quantitative estimate of drug-likeness (QED) is 0.632. The number of rotatable bonds is 1. The van der Waals surface area contributed by atoms with Gasteiger partial charge in [-0.05, 0) is 17.8 Å². The molecule has 3 heteroatoms. The predicted octanol–water partition coefficient (Wildman–Crippen LogP) is 3.57. The molecule has 0 atom stereocenters. The molecule has 3 nitrogen and oxygen atoms in total. The van der Waals surface area contributed by atoms with E-state index in [-0.39, 0.29) is 5.91 Å². The van der Waals surface area contributed by atoms with E-state index in [2.05, 4.69) is 44.8 Å². The summed E-state index contributed by atoms with van der Waals surface area (Å²) >= 11 is 0. The second-order valence-corrected chi connectivity index (χ2v) is 5.03. The molecule has 0 aromatic rings. The maximum absolute atomic E-state index is 9.90. The molecule has 0 saturated carbocycles. The second kappa shape index (κ2) is 5.68. The maximum Gasteiger partial charge on any atom is 0.289 e. The molecular weight excluding hydrogens is 176 g/mol. The third kappa shape index (κ3) is 9.10. The van der Waals surface area contributed by atoms with Gasteiger partial charge in [-0.25, -0.2) is 0 Å². The molecule has 14 heavy (non-hydrogen) atoms. The van der Waals surface area contributed by atoms with Crippen LogP contribution < -0.4 is 0 Å². The fourth-order valence-electron chi connectivity index (χ4n) is 1.45. The second-order valence-electron chi connectivity index (χ2n) is 5.03. The summed E-state index contributed by atoms with van der Waals surface area (Å²) in [6, 6.07) is 0. The Balaban J connectivity index is 0.000000249. The zero-order chi connectivity index (χ0) is 11.2. The molecule has 0 N–H and O–H groups in total. The first-order valence-corrected chi connectivity index (χ1v) is 4.92. The average molecular weight is 196 g/mol. The number of nitrogens with zero attached hydrogens (tertiary/aromatic N) is 2. The number of azo groups is 1. The molecule has 1 heterocycles. The van der Waals surface area contributed by atoms with Gasteiger partial charge in [0.2, 0.25) is 0 Å². The minimum Gasteiger partial charge on any atom is -0.266 e. The van der Waals surface area contributed by atoms with Crippen molar-refractivity contribution in [2.75, 3.05) is 0 Å². The van der Waals surface area contributed by atoms with Crippen molar-refractivity contribution in [1.29, 1.82) is 0 Å². The summed E-state index contributed by atoms with van der Waals surface area (Å²) < 4.78 is 0. The van der Waals surface area contributed by atoms with Crippen LogP contribution in [0.15, 0.2) is 22.5 Å². The van der Waals surface area contributed by atoms with Crippen molar-refractivity contribution in [3.8, 4) is 0 Å². The van der Waals surface area contributed by atoms with Gasteiger partial charge in [-0.3, -0.25) is 4.79 Å². The van der Waals surface area contributed by atoms with Crippen LogP contribution >= 0.6 is 0 Å². The van der Waals surface area contributed by atoms with E-state index in [1.165, 1.54) is 18.7 Å². The molecule has 0 fully saturated rings. The van der Waals surface area contributed by atoms with E-state index in [1.807, 2.05) is 0 Å². The lowest BCUT2D eigenvalue weighted by Gasteiger charge is -2.19. The van der Waals surface area contributed by atoms with Crippen molar-refractivity contribution in [3.05, 3.63) is 12.3 Å². The molecule has 0 radical (unpaired) electrons. The SMILES string of the molecule is CC(C)CC(C)(C)C.O=C1C=CN=N1. The molecule has 1 aliphatic rings. The third-order valence-corrected chi connectivity index (χ3v) is 1.46. The van der Waals surface area contributed by atoms with Gasteiger partial charge in [-0.1, -0.05) is 34.6 Å². The van der Waals surface area contributed by atoms with Crippen LogP contribution in [-0.2, 0) is 4.79 Å². The van der Waals surface area contributed by atoms with Gasteiger partial charge in [0.25, 0.3) is 5.91 Å². The number of hydrogen-bond acceptors (Lipinski definition) is 2. The van der Waals surface area contributed by atoms with Crippen LogP contribution in [0.5, 0.6) is 0 Å². The van der Waals surface area contributed by atoms with Crippen molar-refractivity contribution in [2.45, 2.75) is 41.0 Å². The molecule has 0 saturated heterocycles. The van der Waals surface area contributed by atoms with Gasteiger partial charge in [-0.15, -0.1) is 5.11 Å². The van der Waals surface area contributed by atoms with Crippen LogP contribution in [0.2, 0.25) is 0 Å². The van der Waals surface area contributed by atoms with Crippen molar-refractivity contribution in [1.82, 2.24) is 0 Å². The molecule has 0 aliphatic carbocycles. The fourth-order valence-corrected chi connectivity index (χ4v) is 1.45. The summed E-state index contributed by atoms with van der Waals surface area (Å²) in [6.07, 6.45) is 4.00. The lowest BCUT2D eigenvalue weighted by atomic mass is 9.86. The largest absolute Gasteiger partial charge is 0.289 e. The van der Waals surface area contributed by atoms with E-state index < -0.39 is 0 Å². The highest BCUT2D eigenvalue weighted by Crippen LogP contribution is 2.23. The van der Waals surface area contributed by atoms with E-state index in [0.717, 1.165) is 5.92 Å². The Morgan fingerprint density at radius 3 is 2.00 bits per heavy atom. The maximum atomic E-state index is 9.90. The summed E-state index contributed by atoms with van der Waals surface area (Å²) in [5.41, 5.74) is 0.522. The van der Waals surface area contributed by atoms with Crippen LogP contribution in [0.1, 0.15) is 41.0 Å². The van der Waals surface area contributed by atoms with Gasteiger partial charge in [0, 0.05) is 6.08 Å². The Bertz CT molecular complexity index is 220. The molecule has 0 spiro atoms. The number of carbonyl (C=O) groups is 1. The lowest BCUT2D eigenvalue weighted by Crippen LogP contribution is -2.08. The van der Waals surface area contributed by atoms with E-state index in [9.17, 15) is 4.79 Å². The Morgan fingerprint density at radius 1 is 1.36 bits per heavy atom. The van der Waals surface area contributed by atoms with E-state index in [0.29, 0.717) is 5.41 Å². The zero-order valence-electron chi connectivity index (χ0n) is 9.74. The number of hydrogen-bond donors (Lipinski definition) is 0. The highest BCUT2D eigenvalue weighted by molar-refractivity contribution is 5.89. The Hall–Kier alpha value is -0.990. The minimum atomic E-state index is -0.269. The smallest absolute Gasteiger partial charge is 0.266 e. The topological polar surface area (TPSA) is 41.8 Å². The Labute approximate surface area is 86.3 Å². The molecule has 0 aromatic carbocycles. The van der Waals surface area contributed by atoms with Crippen LogP contribution in [-0.4, -0.2) is 5.91 Å². The monoisotopic (exact) mass is 196 g/mol. The molecule has 0 bridgehead atoms. The predicted molar refractivity (Wildman–Crippen MR) is 57.9 cm³/mol. The summed E-state index contributed by atoms with van der Waals surface area (Å²) in [5.74, 6) is 0.574. The van der Waals surface area contributed by atoms with Crippen molar-refractivity contribution < 1.29 is 4.79 Å². The van der Waals surface area contributed by atoms with Crippen LogP contribution in [0.25, 0.3) is 0 Å². The fraction of sp³-hybridized carbons (Fsp3) is 0.727. The molecule has 0 aromatic heterocycles. The number of carbonyl (C=O) groups excluding carboxylic acids is 1. The summed E-state index contributed by atoms with van der Waals surface area (Å²) in [6.45, 7) is 11.4. The summed E-state index contributed by atoms with van der Waals surface area (Å²) in [5, 5.41) is 6.37. The standard InChI is InChI=1S/C8H18.C3H2N2O/c1-7(2)6-8(3,4)5;6-3-1-2-4-5-3/h7H,6H2,1-5H3;1-2H. The number of amides is 1. The van der Waals surface area contributed by atoms with Crippen molar-refractivity contribution in [2.24, 2.45) is 21.6 Å². The van der Waals surface area contributed by atoms with Gasteiger partial charge in [0.05, 0.1) is 6.20 Å². The van der Waals surface area contributed by atoms with Gasteiger partial charge in [-0.2, -0.15) is 5.11 Å². The van der Waals surface area contributed by atoms with Crippen LogP contribution in [0.4, 0.5) is 0 Å². The normalized spacial score (nSPS) is 14.6. The van der Waals surface area contributed by atoms with Crippen molar-refractivity contribution in [3.63, 3.8) is 0 Å². The highest BCUT2D eigenvalue weighted by Gasteiger charge is 2.11. The Kier molecular flexibility index (Phi) is 5.28. The van der Waals surface area contributed by atoms with Crippen LogP contribution in [0, 0.1) is 11.3 Å². The van der Waals surface area contributed by atoms with Crippen molar-refractivity contribution >= 4 is 5.91 Å². The van der Waals surface area contributed by atoms with Gasteiger partial charge >= 0.3 is 0 Å². The highest BCUT2D eigenvalue weighted by atomic mass is 16.1. The van der Waals surface area contributed by atoms with Gasteiger partial charge in [0.15, 0.2) is 0 Å². The molecule has 1 amide bonds. The Morgan fingerprint density at radius 2 is 1.93 bits per heavy atom. The van der Waals surface area contributed by atoms with Gasteiger partial charge in [0.1, 0.15) is 0 Å². The average Bonchev–Trinajstić information content (AvgIpc) is 2.34. The lowest BCUT2D eigenvalue weighted by molar-refractivity contribution is -0.113. The van der Waals surface area contributed by atoms with Crippen LogP contribution in [0.3, 0.4) is 0 Å². The molecule has 0 unspecified atom stereocenters. The molecule has 80 valence electrons. The molecular formula is C11H20N2O.